The molecule has 4 aromatic carbocycles. The Morgan fingerprint density at radius 2 is 1.07 bits per heavy atom. The molecule has 2 aliphatic rings. The summed E-state index contributed by atoms with van der Waals surface area (Å²) >= 11 is 20.9. The van der Waals surface area contributed by atoms with Crippen molar-refractivity contribution >= 4 is 90.9 Å². The number of fused-ring (bicyclic) bond motifs is 20. The van der Waals surface area contributed by atoms with E-state index in [-0.39, 0.29) is 68.2 Å². The van der Waals surface area contributed by atoms with Gasteiger partial charge in [0.25, 0.3) is 0 Å². The second kappa shape index (κ2) is 14.0. The molecule has 0 fully saturated rings. The molecule has 2 aliphatic heterocycles. The normalized spacial score (nSPS) is 11.7. The maximum atomic E-state index is 11.6. The monoisotopic (exact) mass is 839 g/mol. The molecule has 2 N–H and O–H groups in total. The molecule has 0 spiro atoms. The Labute approximate surface area is 337 Å². The molecule has 9 rings (SSSR count). The number of hydrogen-bond acceptors (Lipinski definition) is 8. The van der Waals surface area contributed by atoms with Crippen LogP contribution in [0.1, 0.15) is 12.8 Å². The average molecular weight is 842 g/mol. The van der Waals surface area contributed by atoms with Gasteiger partial charge < -0.3 is 44.9 Å². The maximum Gasteiger partial charge on any atom is 2.00 e. The molecule has 0 saturated heterocycles. The maximum absolute atomic E-state index is 11.6. The molecule has 55 heavy (non-hydrogen) atoms. The van der Waals surface area contributed by atoms with Gasteiger partial charge in [-0.25, -0.2) is 4.98 Å². The Morgan fingerprint density at radius 1 is 0.636 bits per heavy atom. The smallest absolute Gasteiger partial charge is 0.486 e. The summed E-state index contributed by atoms with van der Waals surface area (Å²) in [6, 6.07) is 22.8. The van der Waals surface area contributed by atoms with Gasteiger partial charge >= 0.3 is 31.4 Å². The number of ether oxygens (including phenoxy) is 1. The summed E-state index contributed by atoms with van der Waals surface area (Å²) in [5, 5.41) is 20.6. The van der Waals surface area contributed by atoms with Crippen LogP contribution in [-0.2, 0) is 36.1 Å². The van der Waals surface area contributed by atoms with Crippen molar-refractivity contribution in [2.75, 3.05) is 0 Å². The van der Waals surface area contributed by atoms with E-state index in [1.807, 2.05) is 84.4 Å². The van der Waals surface area contributed by atoms with Crippen LogP contribution in [0.2, 0.25) is 15.1 Å². The van der Waals surface area contributed by atoms with Gasteiger partial charge in [0.05, 0.1) is 41.6 Å². The number of carbonyl (C=O) groups is 2. The number of benzene rings is 4. The summed E-state index contributed by atoms with van der Waals surface area (Å²) in [4.78, 5) is 57.8. The molecule has 5 heterocycles. The van der Waals surface area contributed by atoms with Crippen molar-refractivity contribution in [1.82, 2.24) is 34.9 Å². The minimum Gasteiger partial charge on any atom is -0.486 e. The Kier molecular flexibility index (Phi) is 9.25. The van der Waals surface area contributed by atoms with Crippen molar-refractivity contribution in [2.45, 2.75) is 18.9 Å². The predicted octanol–water partition coefficient (Wildman–Crippen LogP) is 7.21. The third-order valence-corrected chi connectivity index (χ3v) is 10.4. The topological polar surface area (TPSA) is 180 Å². The van der Waals surface area contributed by atoms with Gasteiger partial charge in [0, 0.05) is 55.6 Å². The summed E-state index contributed by atoms with van der Waals surface area (Å²) in [5.41, 5.74) is 3.96. The van der Waals surface area contributed by atoms with Crippen LogP contribution in [0.25, 0.3) is 89.7 Å². The first-order valence-electron chi connectivity index (χ1n) is 16.4. The zero-order valence-electron chi connectivity index (χ0n) is 28.5. The van der Waals surface area contributed by atoms with E-state index in [9.17, 15) is 19.8 Å². The second-order valence-electron chi connectivity index (χ2n) is 12.5. The van der Waals surface area contributed by atoms with E-state index in [0.29, 0.717) is 39.9 Å². The molecule has 7 aromatic rings. The van der Waals surface area contributed by atoms with Gasteiger partial charge in [-0.1, -0.05) is 108 Å². The van der Waals surface area contributed by atoms with Crippen LogP contribution >= 0.6 is 34.8 Å². The zero-order valence-corrected chi connectivity index (χ0v) is 33.7. The van der Waals surface area contributed by atoms with E-state index >= 15 is 0 Å². The molecule has 8 bridgehead atoms. The van der Waals surface area contributed by atoms with Crippen LogP contribution in [0.5, 0.6) is 5.75 Å². The Bertz CT molecular complexity index is 2960. The van der Waals surface area contributed by atoms with E-state index in [0.717, 1.165) is 21.9 Å². The van der Waals surface area contributed by atoms with Crippen LogP contribution in [0, 0.1) is 0 Å². The van der Waals surface area contributed by atoms with Crippen LogP contribution in [0.3, 0.4) is 0 Å². The largest absolute Gasteiger partial charge is 2.00 e. The molecule has 0 radical (unpaired) electrons. The molecule has 13 nitrogen and oxygen atoms in total. The zero-order chi connectivity index (χ0) is 37.4. The van der Waals surface area contributed by atoms with Crippen LogP contribution in [0.15, 0.2) is 72.8 Å². The molecule has 0 unspecified atom stereocenters. The van der Waals surface area contributed by atoms with Crippen molar-refractivity contribution in [2.24, 2.45) is 7.05 Å². The average Bonchev–Trinajstić information content (AvgIpc) is 3.86. The van der Waals surface area contributed by atoms with E-state index in [2.05, 4.69) is 0 Å². The number of aromatic nitrogens is 8. The quantitative estimate of drug-likeness (QED) is 0.0977. The van der Waals surface area contributed by atoms with Gasteiger partial charge in [-0.15, -0.1) is 0 Å². The first-order chi connectivity index (χ1) is 26.1. The number of nitrogens with zero attached hydrogens (tertiary/aromatic N) is 8. The fourth-order valence-corrected chi connectivity index (χ4v) is 7.65. The number of hydrogen-bond donors (Lipinski definition) is 2. The minimum absolute atomic E-state index is 0. The Balaban J connectivity index is 0.00000427. The number of aliphatic carboxylic acids is 2. The van der Waals surface area contributed by atoms with Crippen molar-refractivity contribution in [3.05, 3.63) is 87.9 Å². The van der Waals surface area contributed by atoms with Gasteiger partial charge in [-0.05, 0) is 10.8 Å². The molecule has 0 aliphatic carbocycles. The van der Waals surface area contributed by atoms with E-state index in [1.54, 1.807) is 0 Å². The summed E-state index contributed by atoms with van der Waals surface area (Å²) in [6.07, 6.45) is -2.63. The molecule has 0 amide bonds. The summed E-state index contributed by atoms with van der Waals surface area (Å²) in [6.45, 7) is 0. The van der Waals surface area contributed by atoms with Gasteiger partial charge in [-0.2, -0.15) is 0 Å². The third kappa shape index (κ3) is 6.06. The summed E-state index contributed by atoms with van der Waals surface area (Å²) in [7, 11) is 1.82. The molecule has 266 valence electrons. The molecule has 0 saturated carbocycles. The van der Waals surface area contributed by atoms with Gasteiger partial charge in [0.2, 0.25) is 0 Å². The molecular weight excluding hydrogens is 820 g/mol. The Hall–Kier alpha value is -5.53. The molecule has 0 atom stereocenters. The summed E-state index contributed by atoms with van der Waals surface area (Å²) in [5.74, 6) is -1.11. The predicted molar refractivity (Wildman–Crippen MR) is 201 cm³/mol. The number of rotatable bonds is 6. The van der Waals surface area contributed by atoms with Crippen LogP contribution < -0.4 is 19.3 Å². The first-order valence-corrected chi connectivity index (χ1v) is 17.5. The summed E-state index contributed by atoms with van der Waals surface area (Å²) < 4.78 is 7.73. The van der Waals surface area contributed by atoms with Crippen molar-refractivity contribution in [3.63, 3.8) is 0 Å². The number of carboxylic acids is 2. The third-order valence-electron chi connectivity index (χ3n) is 9.16. The first kappa shape index (κ1) is 36.4. The standard InChI is InChI=1S/C38H23Cl3N8O5.Zn/c1-49-37-21-12-6-7-13-22(21)38(49)48-36-26-25(27(39)29(41)30(28(26)40)54-16(14-23(50)51)15-24(52)53)35(46-36)45-33-18-9-3-2-8-17(18)31(43-33)42-32-19-10-4-5-11-20(19)34(44-32)47-37;/h2-13,16H,14-15H2,1H3,(H3,42,43,44,45,46,47,48,50,51,52,53);/q;+2/p-1. The van der Waals surface area contributed by atoms with Crippen molar-refractivity contribution in [3.8, 4) is 51.3 Å². The van der Waals surface area contributed by atoms with E-state index in [4.69, 9.17) is 74.4 Å². The Morgan fingerprint density at radius 3 is 1.64 bits per heavy atom. The van der Waals surface area contributed by atoms with Gasteiger partial charge in [0.15, 0.2) is 5.75 Å². The van der Waals surface area contributed by atoms with Crippen molar-refractivity contribution in [1.29, 1.82) is 0 Å². The fourth-order valence-electron chi connectivity index (χ4n) is 6.78. The second-order valence-corrected chi connectivity index (χ2v) is 13.7. The molecule has 3 aromatic heterocycles. The number of carboxylic acid groups (broad SMARTS) is 2. The van der Waals surface area contributed by atoms with E-state index < -0.39 is 30.9 Å². The fraction of sp³-hybridized carbons (Fsp3) is 0.105. The van der Waals surface area contributed by atoms with Crippen molar-refractivity contribution < 1.29 is 48.6 Å². The van der Waals surface area contributed by atoms with Gasteiger partial charge in [0.1, 0.15) is 22.8 Å². The van der Waals surface area contributed by atoms with E-state index in [1.165, 1.54) is 0 Å². The molecule has 17 heteroatoms. The van der Waals surface area contributed by atoms with Crippen LogP contribution in [-0.4, -0.2) is 53.2 Å². The number of halogens is 3. The van der Waals surface area contributed by atoms with Gasteiger partial charge in [-0.3, -0.25) is 14.2 Å². The minimum atomic E-state index is -1.34. The molecular formula is C38H22Cl3N8O5Zn+. The SMILES string of the molecule is C[n+]1c2nc3[n-]c(nc4nc(nc5[n-]c(nc1-c1ccccc1-2)c1c(Cl)c(OC(CC(=O)O)CC(=O)O)c(Cl)c(Cl)c51)-c1ccccc1-4)c1ccccc31.[Zn+2]. The van der Waals surface area contributed by atoms with Crippen LogP contribution in [0.4, 0.5) is 0 Å².